The summed E-state index contributed by atoms with van der Waals surface area (Å²) in [5.41, 5.74) is 2.20. The van der Waals surface area contributed by atoms with Gasteiger partial charge in [-0.05, 0) is 59.9 Å². The second-order valence-corrected chi connectivity index (χ2v) is 11.3. The number of benzene rings is 3. The molecular formula is C30H37N3O5S. The van der Waals surface area contributed by atoms with Crippen LogP contribution in [0.1, 0.15) is 44.2 Å². The molecule has 0 radical (unpaired) electrons. The van der Waals surface area contributed by atoms with E-state index < -0.39 is 28.5 Å². The van der Waals surface area contributed by atoms with Crippen LogP contribution in [-0.2, 0) is 26.2 Å². The zero-order valence-electron chi connectivity index (χ0n) is 23.1. The van der Waals surface area contributed by atoms with E-state index in [0.29, 0.717) is 17.9 Å². The predicted molar refractivity (Wildman–Crippen MR) is 153 cm³/mol. The van der Waals surface area contributed by atoms with Crippen LogP contribution in [0.3, 0.4) is 0 Å². The Hall–Kier alpha value is -3.85. The fraction of sp³-hybridized carbons (Fsp3) is 0.333. The largest absolute Gasteiger partial charge is 0.497 e. The van der Waals surface area contributed by atoms with Crippen molar-refractivity contribution in [3.05, 3.63) is 90.0 Å². The lowest BCUT2D eigenvalue weighted by Crippen LogP contribution is -2.51. The fourth-order valence-corrected chi connectivity index (χ4v) is 5.72. The van der Waals surface area contributed by atoms with Crippen LogP contribution in [0.15, 0.2) is 83.8 Å². The maximum Gasteiger partial charge on any atom is 0.264 e. The Balaban J connectivity index is 2.04. The van der Waals surface area contributed by atoms with Crippen LogP contribution in [0.2, 0.25) is 0 Å². The first-order valence-electron chi connectivity index (χ1n) is 12.9. The molecule has 3 aromatic carbocycles. The molecule has 3 rings (SSSR count). The van der Waals surface area contributed by atoms with Gasteiger partial charge in [-0.1, -0.05) is 63.2 Å². The topological polar surface area (TPSA) is 96.0 Å². The number of hydrogen-bond donors (Lipinski definition) is 1. The summed E-state index contributed by atoms with van der Waals surface area (Å²) in [6.07, 6.45) is 0.357. The van der Waals surface area contributed by atoms with Crippen molar-refractivity contribution in [1.29, 1.82) is 0 Å². The second kappa shape index (κ2) is 13.3. The van der Waals surface area contributed by atoms with E-state index in [9.17, 15) is 18.0 Å². The highest BCUT2D eigenvalue weighted by Gasteiger charge is 2.33. The van der Waals surface area contributed by atoms with Gasteiger partial charge >= 0.3 is 0 Å². The third-order valence-electron chi connectivity index (χ3n) is 6.60. The Kier molecular flexibility index (Phi) is 10.1. The van der Waals surface area contributed by atoms with Crippen molar-refractivity contribution in [3.63, 3.8) is 0 Å². The Morgan fingerprint density at radius 2 is 1.54 bits per heavy atom. The maximum absolute atomic E-state index is 13.9. The highest BCUT2D eigenvalue weighted by atomic mass is 32.2. The molecular weight excluding hydrogens is 514 g/mol. The van der Waals surface area contributed by atoms with Crippen molar-refractivity contribution in [2.75, 3.05) is 25.0 Å². The van der Waals surface area contributed by atoms with Crippen LogP contribution in [0, 0.1) is 0 Å². The number of likely N-dealkylation sites (N-methyl/N-ethyl adjacent to an activating group) is 1. The van der Waals surface area contributed by atoms with Crippen LogP contribution >= 0.6 is 0 Å². The molecule has 0 fully saturated rings. The molecule has 1 N–H and O–H groups in total. The standard InChI is InChI=1S/C30H37N3O5S/c1-6-28(30(35)31-4)32(20-23-12-18-26(38-5)19-13-23)29(34)21-33(25-16-14-24(15-17-25)22(2)3)39(36,37)27-10-8-7-9-11-27/h7-19,22,28H,6,20-21H2,1-5H3,(H,31,35)/t28-/m1/s1. The van der Waals surface area contributed by atoms with Gasteiger partial charge in [0.1, 0.15) is 18.3 Å². The van der Waals surface area contributed by atoms with E-state index >= 15 is 0 Å². The van der Waals surface area contributed by atoms with Crippen molar-refractivity contribution in [2.24, 2.45) is 0 Å². The van der Waals surface area contributed by atoms with Gasteiger partial charge in [0.05, 0.1) is 17.7 Å². The summed E-state index contributed by atoms with van der Waals surface area (Å²) in [7, 11) is -1.00. The second-order valence-electron chi connectivity index (χ2n) is 9.48. The van der Waals surface area contributed by atoms with Crippen molar-refractivity contribution >= 4 is 27.5 Å². The molecule has 3 aromatic rings. The van der Waals surface area contributed by atoms with Gasteiger partial charge in [0.2, 0.25) is 11.8 Å². The van der Waals surface area contributed by atoms with Gasteiger partial charge in [-0.25, -0.2) is 8.42 Å². The molecule has 0 aliphatic carbocycles. The number of carbonyl (C=O) groups excluding carboxylic acids is 2. The lowest BCUT2D eigenvalue weighted by molar-refractivity contribution is -0.140. The summed E-state index contributed by atoms with van der Waals surface area (Å²) in [6.45, 7) is 5.58. The van der Waals surface area contributed by atoms with Crippen LogP contribution in [0.25, 0.3) is 0 Å². The minimum Gasteiger partial charge on any atom is -0.497 e. The van der Waals surface area contributed by atoms with Gasteiger partial charge in [0.25, 0.3) is 10.0 Å². The number of nitrogens with zero attached hydrogens (tertiary/aromatic N) is 2. The molecule has 8 nitrogen and oxygen atoms in total. The van der Waals surface area contributed by atoms with Crippen LogP contribution in [0.4, 0.5) is 5.69 Å². The summed E-state index contributed by atoms with van der Waals surface area (Å²) in [5, 5.41) is 2.63. The summed E-state index contributed by atoms with van der Waals surface area (Å²) >= 11 is 0. The lowest BCUT2D eigenvalue weighted by atomic mass is 10.0. The minimum absolute atomic E-state index is 0.0748. The van der Waals surface area contributed by atoms with Gasteiger partial charge in [0, 0.05) is 13.6 Å². The Morgan fingerprint density at radius 3 is 2.05 bits per heavy atom. The molecule has 0 spiro atoms. The number of hydrogen-bond acceptors (Lipinski definition) is 5. The summed E-state index contributed by atoms with van der Waals surface area (Å²) < 4.78 is 34.0. The predicted octanol–water partition coefficient (Wildman–Crippen LogP) is 4.57. The van der Waals surface area contributed by atoms with E-state index in [-0.39, 0.29) is 23.3 Å². The number of sulfonamides is 1. The number of anilines is 1. The molecule has 0 bridgehead atoms. The first-order valence-corrected chi connectivity index (χ1v) is 14.4. The molecule has 39 heavy (non-hydrogen) atoms. The van der Waals surface area contributed by atoms with Gasteiger partial charge in [-0.15, -0.1) is 0 Å². The number of nitrogens with one attached hydrogen (secondary N) is 1. The van der Waals surface area contributed by atoms with E-state index in [4.69, 9.17) is 4.74 Å². The highest BCUT2D eigenvalue weighted by molar-refractivity contribution is 7.92. The third kappa shape index (κ3) is 7.17. The zero-order valence-corrected chi connectivity index (χ0v) is 23.9. The Bertz CT molecular complexity index is 1340. The number of amides is 2. The molecule has 0 unspecified atom stereocenters. The molecule has 0 aromatic heterocycles. The van der Waals surface area contributed by atoms with E-state index in [1.807, 2.05) is 31.2 Å². The quantitative estimate of drug-likeness (QED) is 0.356. The van der Waals surface area contributed by atoms with E-state index in [1.54, 1.807) is 49.6 Å². The first-order chi connectivity index (χ1) is 18.6. The first kappa shape index (κ1) is 29.7. The van der Waals surface area contributed by atoms with Gasteiger partial charge in [-0.2, -0.15) is 0 Å². The van der Waals surface area contributed by atoms with E-state index in [0.717, 1.165) is 15.4 Å². The van der Waals surface area contributed by atoms with Gasteiger partial charge in [-0.3, -0.25) is 13.9 Å². The summed E-state index contributed by atoms with van der Waals surface area (Å²) in [6, 6.07) is 21.6. The molecule has 0 saturated carbocycles. The summed E-state index contributed by atoms with van der Waals surface area (Å²) in [5.74, 6) is 0.115. The van der Waals surface area contributed by atoms with Gasteiger partial charge in [0.15, 0.2) is 0 Å². The van der Waals surface area contributed by atoms with Gasteiger partial charge < -0.3 is 15.0 Å². The molecule has 0 saturated heterocycles. The third-order valence-corrected chi connectivity index (χ3v) is 8.39. The molecule has 208 valence electrons. The molecule has 0 aliphatic heterocycles. The van der Waals surface area contributed by atoms with Crippen LogP contribution in [0.5, 0.6) is 5.75 Å². The van der Waals surface area contributed by atoms with Crippen molar-refractivity contribution in [3.8, 4) is 5.75 Å². The molecule has 0 aliphatic rings. The summed E-state index contributed by atoms with van der Waals surface area (Å²) in [4.78, 5) is 28.3. The zero-order chi connectivity index (χ0) is 28.6. The normalized spacial score (nSPS) is 12.1. The number of carbonyl (C=O) groups is 2. The van der Waals surface area contributed by atoms with Crippen LogP contribution < -0.4 is 14.4 Å². The van der Waals surface area contributed by atoms with Crippen molar-refractivity contribution < 1.29 is 22.7 Å². The molecule has 2 amide bonds. The number of methoxy groups -OCH3 is 1. The molecule has 9 heteroatoms. The lowest BCUT2D eigenvalue weighted by Gasteiger charge is -2.33. The number of rotatable bonds is 12. The average molecular weight is 552 g/mol. The molecule has 0 heterocycles. The maximum atomic E-state index is 13.9. The van der Waals surface area contributed by atoms with E-state index in [1.165, 1.54) is 24.1 Å². The average Bonchev–Trinajstić information content (AvgIpc) is 2.96. The Morgan fingerprint density at radius 1 is 0.923 bits per heavy atom. The smallest absolute Gasteiger partial charge is 0.264 e. The SMILES string of the molecule is CC[C@H](C(=O)NC)N(Cc1ccc(OC)cc1)C(=O)CN(c1ccc(C(C)C)cc1)S(=O)(=O)c1ccccc1. The minimum atomic E-state index is -4.09. The Labute approximate surface area is 231 Å². The number of ether oxygens (including phenoxy) is 1. The fourth-order valence-electron chi connectivity index (χ4n) is 4.29. The van der Waals surface area contributed by atoms with E-state index in [2.05, 4.69) is 19.2 Å². The van der Waals surface area contributed by atoms with Crippen LogP contribution in [-0.4, -0.2) is 51.9 Å². The highest BCUT2D eigenvalue weighted by Crippen LogP contribution is 2.27. The van der Waals surface area contributed by atoms with Crippen molar-refractivity contribution in [2.45, 2.75) is 50.6 Å². The monoisotopic (exact) mass is 551 g/mol. The molecule has 1 atom stereocenters. The van der Waals surface area contributed by atoms with Crippen molar-refractivity contribution in [1.82, 2.24) is 10.2 Å².